The predicted molar refractivity (Wildman–Crippen MR) is 153 cm³/mol. The van der Waals surface area contributed by atoms with E-state index in [2.05, 4.69) is 31.3 Å². The molecule has 0 aliphatic carbocycles. The van der Waals surface area contributed by atoms with E-state index < -0.39 is 0 Å². The van der Waals surface area contributed by atoms with Gasteiger partial charge in [0.05, 0.1) is 10.5 Å². The largest absolute Gasteiger partial charge is 0.369 e. The first-order valence-electron chi connectivity index (χ1n) is 12.6. The number of carbonyl (C=O) groups is 1. The molecule has 8 heteroatoms. The number of nitrogens with one attached hydrogen (secondary N) is 1. The Morgan fingerprint density at radius 1 is 1.11 bits per heavy atom. The third-order valence-corrected chi connectivity index (χ3v) is 7.83. The molecule has 1 saturated heterocycles. The highest BCUT2D eigenvalue weighted by Crippen LogP contribution is 2.34. The van der Waals surface area contributed by atoms with Gasteiger partial charge in [0.25, 0.3) is 11.5 Å². The maximum atomic E-state index is 13.5. The first-order chi connectivity index (χ1) is 17.5. The molecule has 1 aliphatic heterocycles. The Bertz CT molecular complexity index is 1320. The summed E-state index contributed by atoms with van der Waals surface area (Å²) in [5.74, 6) is 0.754. The normalized spacial score (nSPS) is 15.7. The van der Waals surface area contributed by atoms with Gasteiger partial charge in [-0.25, -0.2) is 4.98 Å². The van der Waals surface area contributed by atoms with Gasteiger partial charge in [-0.3, -0.25) is 18.9 Å². The van der Waals surface area contributed by atoms with Gasteiger partial charge in [-0.1, -0.05) is 93.5 Å². The van der Waals surface area contributed by atoms with Crippen LogP contribution < -0.4 is 10.9 Å². The predicted octanol–water partition coefficient (Wildman–Crippen LogP) is 5.77. The monoisotopic (exact) mass is 520 g/mol. The maximum absolute atomic E-state index is 13.5. The number of benzene rings is 1. The zero-order valence-electron chi connectivity index (χ0n) is 20.8. The fourth-order valence-corrected chi connectivity index (χ4v) is 5.56. The number of hydrogen-bond acceptors (Lipinski definition) is 6. The highest BCUT2D eigenvalue weighted by atomic mass is 32.2. The van der Waals surface area contributed by atoms with E-state index in [1.807, 2.05) is 24.3 Å². The van der Waals surface area contributed by atoms with E-state index in [1.54, 1.807) is 29.3 Å². The van der Waals surface area contributed by atoms with Gasteiger partial charge in [0.1, 0.15) is 15.8 Å². The molecule has 3 aromatic rings. The van der Waals surface area contributed by atoms with Crippen LogP contribution in [0.25, 0.3) is 11.7 Å². The van der Waals surface area contributed by atoms with E-state index in [1.165, 1.54) is 21.7 Å². The Labute approximate surface area is 221 Å². The fourth-order valence-electron chi connectivity index (χ4n) is 4.30. The molecule has 1 amide bonds. The number of fused-ring (bicyclic) bond motifs is 1. The van der Waals surface area contributed by atoms with Crippen molar-refractivity contribution in [1.29, 1.82) is 0 Å². The van der Waals surface area contributed by atoms with Gasteiger partial charge in [0, 0.05) is 19.3 Å². The van der Waals surface area contributed by atoms with Crippen LogP contribution in [0.4, 0.5) is 5.82 Å². The number of amides is 1. The van der Waals surface area contributed by atoms with Crippen LogP contribution >= 0.6 is 24.0 Å². The molecule has 188 valence electrons. The second-order valence-corrected chi connectivity index (χ2v) is 10.7. The molecule has 1 unspecified atom stereocenters. The summed E-state index contributed by atoms with van der Waals surface area (Å²) in [5, 5.41) is 3.33. The summed E-state index contributed by atoms with van der Waals surface area (Å²) < 4.78 is 2.06. The molecule has 0 bridgehead atoms. The second-order valence-electron chi connectivity index (χ2n) is 8.98. The number of hydrogen-bond donors (Lipinski definition) is 1. The van der Waals surface area contributed by atoms with Crippen LogP contribution in [0.15, 0.2) is 64.4 Å². The molecule has 1 aromatic carbocycles. The summed E-state index contributed by atoms with van der Waals surface area (Å²) in [7, 11) is 0. The number of anilines is 1. The lowest BCUT2D eigenvalue weighted by molar-refractivity contribution is -0.122. The average molecular weight is 521 g/mol. The van der Waals surface area contributed by atoms with Crippen molar-refractivity contribution in [3.05, 3.63) is 81.1 Å². The van der Waals surface area contributed by atoms with Crippen LogP contribution in [0.1, 0.15) is 50.7 Å². The molecule has 0 spiro atoms. The third-order valence-electron chi connectivity index (χ3n) is 6.45. The summed E-state index contributed by atoms with van der Waals surface area (Å²) in [6, 6.07) is 15.6. The van der Waals surface area contributed by atoms with E-state index in [0.29, 0.717) is 45.3 Å². The molecule has 6 nitrogen and oxygen atoms in total. The second kappa shape index (κ2) is 12.3. The number of aromatic nitrogens is 2. The molecular formula is C28H32N4O2S2. The molecule has 3 heterocycles. The van der Waals surface area contributed by atoms with Crippen molar-refractivity contribution in [2.24, 2.45) is 5.92 Å². The van der Waals surface area contributed by atoms with Crippen molar-refractivity contribution in [3.63, 3.8) is 0 Å². The van der Waals surface area contributed by atoms with Crippen molar-refractivity contribution >= 4 is 51.7 Å². The van der Waals surface area contributed by atoms with Gasteiger partial charge in [-0.05, 0) is 42.5 Å². The summed E-state index contributed by atoms with van der Waals surface area (Å²) in [4.78, 5) is 33.7. The van der Waals surface area contributed by atoms with Gasteiger partial charge >= 0.3 is 0 Å². The van der Waals surface area contributed by atoms with E-state index in [9.17, 15) is 9.59 Å². The standard InChI is InChI=1S/C28H32N4O2S2/c1-3-5-11-20(4-2)19-32-27(34)23(36-28(32)35)18-22-25(29-16-15-21-12-7-6-8-13-21)30-24-14-9-10-17-31(24)26(22)33/h6-10,12-14,17-18,20,29H,3-5,11,15-16,19H2,1-2H3/b23-18+. The molecular weight excluding hydrogens is 488 g/mol. The Morgan fingerprint density at radius 2 is 1.89 bits per heavy atom. The molecule has 4 rings (SSSR count). The quantitative estimate of drug-likeness (QED) is 0.256. The third kappa shape index (κ3) is 6.05. The Morgan fingerprint density at radius 3 is 2.64 bits per heavy atom. The number of unbranched alkanes of at least 4 members (excludes halogenated alkanes) is 1. The number of thioether (sulfide) groups is 1. The Kier molecular flexibility index (Phi) is 8.93. The Balaban J connectivity index is 1.62. The van der Waals surface area contributed by atoms with Gasteiger partial charge in [-0.15, -0.1) is 0 Å². The van der Waals surface area contributed by atoms with E-state index in [4.69, 9.17) is 17.2 Å². The van der Waals surface area contributed by atoms with Crippen molar-refractivity contribution in [3.8, 4) is 0 Å². The summed E-state index contributed by atoms with van der Waals surface area (Å²) in [6.45, 7) is 5.56. The van der Waals surface area contributed by atoms with Crippen molar-refractivity contribution in [1.82, 2.24) is 14.3 Å². The molecule has 36 heavy (non-hydrogen) atoms. The summed E-state index contributed by atoms with van der Waals surface area (Å²) >= 11 is 6.83. The van der Waals surface area contributed by atoms with Gasteiger partial charge in [-0.2, -0.15) is 0 Å². The van der Waals surface area contributed by atoms with Crippen molar-refractivity contribution < 1.29 is 4.79 Å². The molecule has 2 aromatic heterocycles. The molecule has 1 aliphatic rings. The highest BCUT2D eigenvalue weighted by molar-refractivity contribution is 8.26. The van der Waals surface area contributed by atoms with E-state index in [-0.39, 0.29) is 11.5 Å². The van der Waals surface area contributed by atoms with Crippen molar-refractivity contribution in [2.45, 2.75) is 46.0 Å². The fraction of sp³-hybridized carbons (Fsp3) is 0.357. The lowest BCUT2D eigenvalue weighted by atomic mass is 9.99. The van der Waals surface area contributed by atoms with Gasteiger partial charge < -0.3 is 5.32 Å². The maximum Gasteiger partial charge on any atom is 0.267 e. The van der Waals surface area contributed by atoms with Gasteiger partial charge in [0.2, 0.25) is 0 Å². The first kappa shape index (κ1) is 26.1. The van der Waals surface area contributed by atoms with E-state index >= 15 is 0 Å². The van der Waals surface area contributed by atoms with Crippen LogP contribution in [0.5, 0.6) is 0 Å². The summed E-state index contributed by atoms with van der Waals surface area (Å²) in [6.07, 6.45) is 8.49. The van der Waals surface area contributed by atoms with E-state index in [0.717, 1.165) is 32.1 Å². The number of pyridine rings is 1. The van der Waals surface area contributed by atoms with Crippen LogP contribution in [0.3, 0.4) is 0 Å². The van der Waals surface area contributed by atoms with Crippen LogP contribution in [0, 0.1) is 5.92 Å². The number of rotatable bonds is 11. The minimum atomic E-state index is -0.220. The van der Waals surface area contributed by atoms with Crippen LogP contribution in [-0.4, -0.2) is 37.6 Å². The first-order valence-corrected chi connectivity index (χ1v) is 13.8. The molecule has 1 N–H and O–H groups in total. The molecule has 1 fully saturated rings. The van der Waals surface area contributed by atoms with Crippen molar-refractivity contribution in [2.75, 3.05) is 18.4 Å². The lowest BCUT2D eigenvalue weighted by Gasteiger charge is -2.21. The zero-order chi connectivity index (χ0) is 25.5. The topological polar surface area (TPSA) is 66.7 Å². The Hall–Kier alpha value is -2.97. The number of carbonyl (C=O) groups excluding carboxylic acids is 1. The van der Waals surface area contributed by atoms with Crippen LogP contribution in [-0.2, 0) is 11.2 Å². The molecule has 0 radical (unpaired) electrons. The molecule has 1 atom stereocenters. The van der Waals surface area contributed by atoms with Gasteiger partial charge in [0.15, 0.2) is 0 Å². The highest BCUT2D eigenvalue weighted by Gasteiger charge is 2.33. The smallest absolute Gasteiger partial charge is 0.267 e. The number of thiocarbonyl (C=S) groups is 1. The molecule has 0 saturated carbocycles. The minimum Gasteiger partial charge on any atom is -0.369 e. The lowest BCUT2D eigenvalue weighted by Crippen LogP contribution is -2.33. The minimum absolute atomic E-state index is 0.132. The zero-order valence-corrected chi connectivity index (χ0v) is 22.4. The summed E-state index contributed by atoms with van der Waals surface area (Å²) in [5.41, 5.74) is 1.89. The number of nitrogens with zero attached hydrogens (tertiary/aromatic N) is 3. The average Bonchev–Trinajstić information content (AvgIpc) is 3.16. The van der Waals surface area contributed by atoms with Crippen LogP contribution in [0.2, 0.25) is 0 Å². The SMILES string of the molecule is CCCCC(CC)CN1C(=O)/C(=C\c2c(NCCc3ccccc3)nc3ccccn3c2=O)SC1=S.